The first-order chi connectivity index (χ1) is 18.0. The molecule has 16 heteroatoms. The van der Waals surface area contributed by atoms with Gasteiger partial charge in [-0.05, 0) is 19.4 Å². The molecular weight excluding hydrogens is 528 g/mol. The Bertz CT molecular complexity index is 800. The first-order valence-corrected chi connectivity index (χ1v) is 13.0. The third-order valence-corrected chi connectivity index (χ3v) is 7.46. The number of carbonyl (C=O) groups excluding carboxylic acids is 1. The van der Waals surface area contributed by atoms with Crippen LogP contribution >= 0.6 is 11.6 Å². The second-order valence-corrected chi connectivity index (χ2v) is 10.3. The average Bonchev–Trinajstić information content (AvgIpc) is 2.89. The molecule has 0 aromatic heterocycles. The number of amides is 1. The van der Waals surface area contributed by atoms with E-state index in [4.69, 9.17) is 59.2 Å². The van der Waals surface area contributed by atoms with Gasteiger partial charge in [-0.25, -0.2) is 0 Å². The van der Waals surface area contributed by atoms with E-state index in [1.54, 1.807) is 12.2 Å². The van der Waals surface area contributed by atoms with Crippen LogP contribution in [0.2, 0.25) is 0 Å². The van der Waals surface area contributed by atoms with Gasteiger partial charge in [0.2, 0.25) is 5.91 Å². The lowest BCUT2D eigenvalue weighted by molar-refractivity contribution is -0.297. The number of nitrogens with two attached hydrogens (primary N) is 5. The number of rotatable bonds is 10. The van der Waals surface area contributed by atoms with E-state index in [9.17, 15) is 25.2 Å². The first-order valence-electron chi connectivity index (χ1n) is 12.6. The second kappa shape index (κ2) is 14.0. The van der Waals surface area contributed by atoms with Crippen molar-refractivity contribution in [1.82, 2.24) is 5.32 Å². The normalized spacial score (nSPS) is 44.5. The summed E-state index contributed by atoms with van der Waals surface area (Å²) in [6.45, 7) is -0.313. The van der Waals surface area contributed by atoms with Crippen molar-refractivity contribution in [3.05, 3.63) is 12.2 Å². The molecule has 2 aliphatic heterocycles. The number of hydrogen-bond donors (Lipinski definition) is 10. The van der Waals surface area contributed by atoms with E-state index in [0.29, 0.717) is 0 Å². The van der Waals surface area contributed by atoms with Gasteiger partial charge in [0.25, 0.3) is 0 Å². The molecule has 3 aliphatic rings. The van der Waals surface area contributed by atoms with Crippen LogP contribution in [0.4, 0.5) is 0 Å². The Kier molecular flexibility index (Phi) is 11.6. The van der Waals surface area contributed by atoms with Crippen LogP contribution in [0.3, 0.4) is 0 Å². The number of alkyl halides is 1. The van der Waals surface area contributed by atoms with E-state index >= 15 is 0 Å². The lowest BCUT2D eigenvalue weighted by Crippen LogP contribution is -2.68. The monoisotopic (exact) mass is 568 g/mol. The summed E-state index contributed by atoms with van der Waals surface area (Å²) in [6, 6.07) is -3.44. The molecule has 2 heterocycles. The average molecular weight is 569 g/mol. The van der Waals surface area contributed by atoms with Crippen molar-refractivity contribution >= 4 is 17.5 Å². The first kappa shape index (κ1) is 31.5. The van der Waals surface area contributed by atoms with Crippen LogP contribution in [0, 0.1) is 0 Å². The summed E-state index contributed by atoms with van der Waals surface area (Å²) in [7, 11) is 0. The Balaban J connectivity index is 1.83. The fraction of sp³-hybridized carbons (Fsp3) is 0.864. The highest BCUT2D eigenvalue weighted by atomic mass is 35.5. The van der Waals surface area contributed by atoms with Crippen molar-refractivity contribution in [1.29, 1.82) is 0 Å². The van der Waals surface area contributed by atoms with Gasteiger partial charge in [0.15, 0.2) is 12.6 Å². The van der Waals surface area contributed by atoms with Gasteiger partial charge >= 0.3 is 0 Å². The number of hydrogen-bond acceptors (Lipinski definition) is 14. The molecule has 1 saturated heterocycles. The van der Waals surface area contributed by atoms with E-state index < -0.39 is 97.4 Å². The zero-order chi connectivity index (χ0) is 28.1. The maximum absolute atomic E-state index is 12.6. The lowest BCUT2D eigenvalue weighted by Gasteiger charge is -2.48. The van der Waals surface area contributed by atoms with Crippen molar-refractivity contribution in [2.24, 2.45) is 28.7 Å². The molecule has 14 atom stereocenters. The lowest BCUT2D eigenvalue weighted by atomic mass is 9.85. The smallest absolute Gasteiger partial charge is 0.249 e. The van der Waals surface area contributed by atoms with Crippen LogP contribution in [-0.2, 0) is 23.7 Å². The van der Waals surface area contributed by atoms with Gasteiger partial charge in [-0.3, -0.25) is 4.79 Å². The van der Waals surface area contributed by atoms with E-state index in [1.807, 2.05) is 0 Å². The van der Waals surface area contributed by atoms with Gasteiger partial charge in [-0.15, -0.1) is 11.6 Å². The molecule has 3 rings (SSSR count). The highest BCUT2D eigenvalue weighted by Gasteiger charge is 2.51. The summed E-state index contributed by atoms with van der Waals surface area (Å²) in [5.41, 5.74) is 29.6. The van der Waals surface area contributed by atoms with Crippen molar-refractivity contribution in [2.75, 3.05) is 19.7 Å². The Hall–Kier alpha value is -1.02. The van der Waals surface area contributed by atoms with Crippen LogP contribution in [0.25, 0.3) is 0 Å². The SMILES string of the molecule is NCC[C@H](O)C(=O)N[C@@H]1C[C@H](N)C(O[C@H]2OC(CN)C=CC2N)C(Cl)[C@H]1O[C@H]1OC(CO)[C@@H](O)[C@H](N)C1O. The van der Waals surface area contributed by atoms with Gasteiger partial charge in [-0.2, -0.15) is 0 Å². The van der Waals surface area contributed by atoms with Gasteiger partial charge in [0.05, 0.1) is 48.4 Å². The maximum atomic E-state index is 12.6. The summed E-state index contributed by atoms with van der Waals surface area (Å²) >= 11 is 6.83. The predicted octanol–water partition coefficient (Wildman–Crippen LogP) is -5.38. The number of halogens is 1. The molecule has 6 unspecified atom stereocenters. The Morgan fingerprint density at radius 3 is 2.39 bits per heavy atom. The highest BCUT2D eigenvalue weighted by molar-refractivity contribution is 6.21. The minimum atomic E-state index is -1.50. The Morgan fingerprint density at radius 2 is 1.76 bits per heavy atom. The molecule has 0 spiro atoms. The fourth-order valence-electron chi connectivity index (χ4n) is 4.71. The van der Waals surface area contributed by atoms with E-state index in [1.165, 1.54) is 0 Å². The molecule has 1 saturated carbocycles. The van der Waals surface area contributed by atoms with Crippen molar-refractivity contribution in [3.8, 4) is 0 Å². The summed E-state index contributed by atoms with van der Waals surface area (Å²) in [5, 5.41) is 42.1. The number of nitrogens with one attached hydrogen (secondary N) is 1. The van der Waals surface area contributed by atoms with Crippen LogP contribution in [0.1, 0.15) is 12.8 Å². The molecule has 2 fully saturated rings. The van der Waals surface area contributed by atoms with Crippen LogP contribution in [0.15, 0.2) is 12.2 Å². The van der Waals surface area contributed by atoms with Gasteiger partial charge in [0.1, 0.15) is 24.4 Å². The van der Waals surface area contributed by atoms with Crippen molar-refractivity contribution < 1.29 is 44.2 Å². The molecule has 38 heavy (non-hydrogen) atoms. The number of ether oxygens (including phenoxy) is 4. The predicted molar refractivity (Wildman–Crippen MR) is 134 cm³/mol. The number of carbonyl (C=O) groups is 1. The summed E-state index contributed by atoms with van der Waals surface area (Å²) < 4.78 is 23.5. The third-order valence-electron chi connectivity index (χ3n) is 6.97. The topological polar surface area (TPSA) is 277 Å². The minimum Gasteiger partial charge on any atom is -0.394 e. The summed E-state index contributed by atoms with van der Waals surface area (Å²) in [5.74, 6) is -0.719. The van der Waals surface area contributed by atoms with Crippen LogP contribution in [-0.4, -0.2) is 131 Å². The summed E-state index contributed by atoms with van der Waals surface area (Å²) in [4.78, 5) is 12.6. The van der Waals surface area contributed by atoms with Gasteiger partial charge in [-0.1, -0.05) is 12.2 Å². The van der Waals surface area contributed by atoms with Gasteiger partial charge in [0, 0.05) is 12.6 Å². The van der Waals surface area contributed by atoms with E-state index in [-0.39, 0.29) is 25.9 Å². The van der Waals surface area contributed by atoms with Crippen molar-refractivity contribution in [2.45, 2.75) is 97.7 Å². The number of aliphatic hydroxyl groups excluding tert-OH is 4. The molecule has 15 N–H and O–H groups in total. The van der Waals surface area contributed by atoms with Crippen molar-refractivity contribution in [3.63, 3.8) is 0 Å². The molecule has 0 aromatic rings. The minimum absolute atomic E-state index is 0.0221. The molecule has 0 aromatic carbocycles. The summed E-state index contributed by atoms with van der Waals surface area (Å²) in [6.07, 6.45) is -6.64. The largest absolute Gasteiger partial charge is 0.394 e. The molecule has 15 nitrogen and oxygen atoms in total. The molecular formula is C22H41ClN6O9. The quantitative estimate of drug-likeness (QED) is 0.0869. The zero-order valence-corrected chi connectivity index (χ0v) is 21.6. The highest BCUT2D eigenvalue weighted by Crippen LogP contribution is 2.33. The Labute approximate surface area is 225 Å². The van der Waals surface area contributed by atoms with Gasteiger partial charge < -0.3 is 73.4 Å². The molecule has 0 bridgehead atoms. The standard InChI is InChI=1S/C22H41ClN6O9/c23-14-18(37-21-9(26)2-1-8(6-25)35-21)10(27)5-11(29-20(34)12(31)3-4-24)19(14)38-22-17(33)15(28)16(32)13(7-30)36-22/h1-2,8-19,21-22,30-33H,3-7,24-28H2,(H,29,34)/t8?,9?,10-,11+,12-,13?,14?,15-,16+,17?,18?,19-,21+,22+/m0/s1. The molecule has 1 aliphatic carbocycles. The van der Waals surface area contributed by atoms with Crippen LogP contribution < -0.4 is 34.0 Å². The maximum Gasteiger partial charge on any atom is 0.249 e. The van der Waals surface area contributed by atoms with Crippen LogP contribution in [0.5, 0.6) is 0 Å². The van der Waals surface area contributed by atoms with E-state index in [2.05, 4.69) is 5.32 Å². The third kappa shape index (κ3) is 7.18. The molecule has 1 amide bonds. The zero-order valence-electron chi connectivity index (χ0n) is 20.9. The van der Waals surface area contributed by atoms with E-state index in [0.717, 1.165) is 0 Å². The molecule has 0 radical (unpaired) electrons. The number of aliphatic hydroxyl groups is 4. The second-order valence-electron chi connectivity index (χ2n) is 9.78. The Morgan fingerprint density at radius 1 is 1.08 bits per heavy atom. The molecule has 220 valence electrons. The fourth-order valence-corrected chi connectivity index (χ4v) is 5.19.